The molecule has 0 bridgehead atoms. The summed E-state index contributed by atoms with van der Waals surface area (Å²) in [5.41, 5.74) is 3.51. The molecule has 0 saturated carbocycles. The number of carbonyl (C=O) groups excluding carboxylic acids is 2. The number of ether oxygens (including phenoxy) is 2. The summed E-state index contributed by atoms with van der Waals surface area (Å²) in [6, 6.07) is 0. The standard InChI is InChI=1S/C7H13NO5/c1-7(8,5(10)12-2)6(11)13-4-3-9/h9H,3-4,8H2,1-2H3. The van der Waals surface area contributed by atoms with Crippen molar-refractivity contribution in [2.45, 2.75) is 12.5 Å². The van der Waals surface area contributed by atoms with E-state index < -0.39 is 17.5 Å². The van der Waals surface area contributed by atoms with E-state index in [1.807, 2.05) is 0 Å². The fourth-order valence-corrected chi connectivity index (χ4v) is 0.584. The normalized spacial score (nSPS) is 14.5. The molecule has 0 spiro atoms. The number of rotatable bonds is 4. The van der Waals surface area contributed by atoms with Gasteiger partial charge in [0.15, 0.2) is 0 Å². The summed E-state index contributed by atoms with van der Waals surface area (Å²) in [5, 5.41) is 8.34. The molecule has 0 rings (SSSR count). The van der Waals surface area contributed by atoms with E-state index in [1.54, 1.807) is 0 Å². The molecule has 3 N–H and O–H groups in total. The van der Waals surface area contributed by atoms with Gasteiger partial charge in [-0.05, 0) is 6.92 Å². The molecule has 0 radical (unpaired) electrons. The average molecular weight is 191 g/mol. The van der Waals surface area contributed by atoms with Crippen molar-refractivity contribution in [1.82, 2.24) is 0 Å². The highest BCUT2D eigenvalue weighted by Crippen LogP contribution is 2.04. The van der Waals surface area contributed by atoms with Crippen LogP contribution in [-0.4, -0.2) is 42.9 Å². The number of hydrogen-bond acceptors (Lipinski definition) is 6. The zero-order valence-electron chi connectivity index (χ0n) is 7.57. The van der Waals surface area contributed by atoms with Crippen molar-refractivity contribution in [2.75, 3.05) is 20.3 Å². The van der Waals surface area contributed by atoms with E-state index in [0.717, 1.165) is 7.11 Å². The van der Waals surface area contributed by atoms with Crippen molar-refractivity contribution in [3.63, 3.8) is 0 Å². The van der Waals surface area contributed by atoms with Crippen LogP contribution >= 0.6 is 0 Å². The minimum absolute atomic E-state index is 0.192. The van der Waals surface area contributed by atoms with Crippen molar-refractivity contribution in [3.05, 3.63) is 0 Å². The number of aliphatic hydroxyl groups is 1. The van der Waals surface area contributed by atoms with Gasteiger partial charge in [0.05, 0.1) is 13.7 Å². The quantitative estimate of drug-likeness (QED) is 0.410. The van der Waals surface area contributed by atoms with Crippen LogP contribution in [0.4, 0.5) is 0 Å². The molecule has 6 nitrogen and oxygen atoms in total. The van der Waals surface area contributed by atoms with Crippen LogP contribution in [0.2, 0.25) is 0 Å². The molecular formula is C7H13NO5. The smallest absolute Gasteiger partial charge is 0.337 e. The number of methoxy groups -OCH3 is 1. The number of nitrogens with two attached hydrogens (primary N) is 1. The van der Waals surface area contributed by atoms with Crippen LogP contribution < -0.4 is 5.73 Å². The van der Waals surface area contributed by atoms with E-state index in [0.29, 0.717) is 0 Å². The van der Waals surface area contributed by atoms with Gasteiger partial charge in [-0.2, -0.15) is 0 Å². The number of esters is 2. The van der Waals surface area contributed by atoms with E-state index in [1.165, 1.54) is 6.92 Å². The lowest BCUT2D eigenvalue weighted by Gasteiger charge is -2.18. The van der Waals surface area contributed by atoms with Gasteiger partial charge in [-0.15, -0.1) is 0 Å². The van der Waals surface area contributed by atoms with Crippen LogP contribution in [0, 0.1) is 0 Å². The SMILES string of the molecule is COC(=O)C(C)(N)C(=O)OCCO. The van der Waals surface area contributed by atoms with E-state index in [4.69, 9.17) is 10.8 Å². The Morgan fingerprint density at radius 1 is 1.46 bits per heavy atom. The van der Waals surface area contributed by atoms with Crippen LogP contribution in [-0.2, 0) is 19.1 Å². The maximum absolute atomic E-state index is 11.1. The van der Waals surface area contributed by atoms with Crippen molar-refractivity contribution in [1.29, 1.82) is 0 Å². The Hall–Kier alpha value is -1.14. The van der Waals surface area contributed by atoms with E-state index in [-0.39, 0.29) is 13.2 Å². The molecule has 0 aliphatic rings. The van der Waals surface area contributed by atoms with Gasteiger partial charge in [0.25, 0.3) is 0 Å². The van der Waals surface area contributed by atoms with Crippen molar-refractivity contribution < 1.29 is 24.2 Å². The second-order valence-corrected chi connectivity index (χ2v) is 2.55. The van der Waals surface area contributed by atoms with Gasteiger partial charge < -0.3 is 20.3 Å². The molecule has 0 aromatic rings. The third-order valence-corrected chi connectivity index (χ3v) is 1.36. The first-order valence-corrected chi connectivity index (χ1v) is 3.62. The maximum atomic E-state index is 11.1. The van der Waals surface area contributed by atoms with Gasteiger partial charge in [-0.1, -0.05) is 0 Å². The molecular weight excluding hydrogens is 178 g/mol. The average Bonchev–Trinajstić information content (AvgIpc) is 2.12. The topological polar surface area (TPSA) is 98.9 Å². The molecule has 0 amide bonds. The molecule has 0 fully saturated rings. The minimum atomic E-state index is -1.82. The lowest BCUT2D eigenvalue weighted by molar-refractivity contribution is -0.162. The van der Waals surface area contributed by atoms with Gasteiger partial charge >= 0.3 is 11.9 Å². The zero-order valence-corrected chi connectivity index (χ0v) is 7.57. The highest BCUT2D eigenvalue weighted by Gasteiger charge is 2.39. The second kappa shape index (κ2) is 4.78. The van der Waals surface area contributed by atoms with E-state index in [2.05, 4.69) is 9.47 Å². The van der Waals surface area contributed by atoms with Crippen molar-refractivity contribution >= 4 is 11.9 Å². The molecule has 1 atom stereocenters. The molecule has 0 saturated heterocycles. The largest absolute Gasteiger partial charge is 0.467 e. The highest BCUT2D eigenvalue weighted by molar-refractivity contribution is 6.04. The lowest BCUT2D eigenvalue weighted by Crippen LogP contribution is -2.53. The second-order valence-electron chi connectivity index (χ2n) is 2.55. The van der Waals surface area contributed by atoms with Crippen LogP contribution in [0.25, 0.3) is 0 Å². The lowest BCUT2D eigenvalue weighted by atomic mass is 10.1. The summed E-state index contributed by atoms with van der Waals surface area (Å²) < 4.78 is 8.75. The molecule has 1 unspecified atom stereocenters. The Labute approximate surface area is 75.6 Å². The molecule has 6 heteroatoms. The molecule has 0 heterocycles. The first kappa shape index (κ1) is 11.9. The first-order valence-electron chi connectivity index (χ1n) is 3.62. The van der Waals surface area contributed by atoms with Crippen LogP contribution in [0.3, 0.4) is 0 Å². The molecule has 0 aliphatic heterocycles. The number of aliphatic hydroxyl groups excluding tert-OH is 1. The molecule has 0 aromatic carbocycles. The maximum Gasteiger partial charge on any atom is 0.337 e. The monoisotopic (exact) mass is 191 g/mol. The predicted molar refractivity (Wildman–Crippen MR) is 42.7 cm³/mol. The van der Waals surface area contributed by atoms with Crippen molar-refractivity contribution in [3.8, 4) is 0 Å². The Morgan fingerprint density at radius 2 is 2.00 bits per heavy atom. The summed E-state index contributed by atoms with van der Waals surface area (Å²) in [4.78, 5) is 22.0. The van der Waals surface area contributed by atoms with Crippen LogP contribution in [0.15, 0.2) is 0 Å². The van der Waals surface area contributed by atoms with Crippen LogP contribution in [0.5, 0.6) is 0 Å². The fourth-order valence-electron chi connectivity index (χ4n) is 0.584. The molecule has 13 heavy (non-hydrogen) atoms. The van der Waals surface area contributed by atoms with Gasteiger partial charge in [-0.25, -0.2) is 9.59 Å². The highest BCUT2D eigenvalue weighted by atomic mass is 16.6. The Morgan fingerprint density at radius 3 is 2.38 bits per heavy atom. The number of carbonyl (C=O) groups is 2. The molecule has 0 aromatic heterocycles. The van der Waals surface area contributed by atoms with Gasteiger partial charge in [-0.3, -0.25) is 0 Å². The Kier molecular flexibility index (Phi) is 4.36. The summed E-state index contributed by atoms with van der Waals surface area (Å²) in [7, 11) is 1.12. The van der Waals surface area contributed by atoms with Gasteiger partial charge in [0.2, 0.25) is 5.54 Å². The minimum Gasteiger partial charge on any atom is -0.467 e. The first-order chi connectivity index (χ1) is 5.96. The van der Waals surface area contributed by atoms with E-state index in [9.17, 15) is 9.59 Å². The predicted octanol–water partition coefficient (Wildman–Crippen LogP) is -1.59. The molecule has 76 valence electrons. The third-order valence-electron chi connectivity index (χ3n) is 1.36. The van der Waals surface area contributed by atoms with Gasteiger partial charge in [0.1, 0.15) is 6.61 Å². The summed E-state index contributed by atoms with van der Waals surface area (Å²) in [6.07, 6.45) is 0. The van der Waals surface area contributed by atoms with Gasteiger partial charge in [0, 0.05) is 0 Å². The Bertz CT molecular complexity index is 201. The zero-order chi connectivity index (χ0) is 10.5. The van der Waals surface area contributed by atoms with E-state index >= 15 is 0 Å². The van der Waals surface area contributed by atoms with Crippen LogP contribution in [0.1, 0.15) is 6.92 Å². The Balaban J connectivity index is 4.27. The third kappa shape index (κ3) is 3.00. The fraction of sp³-hybridized carbons (Fsp3) is 0.714. The summed E-state index contributed by atoms with van der Waals surface area (Å²) >= 11 is 0. The molecule has 0 aliphatic carbocycles. The summed E-state index contributed by atoms with van der Waals surface area (Å²) in [5.74, 6) is -1.80. The van der Waals surface area contributed by atoms with Crippen molar-refractivity contribution in [2.24, 2.45) is 5.73 Å². The summed E-state index contributed by atoms with van der Waals surface area (Å²) in [6.45, 7) is 0.671. The number of hydrogen-bond donors (Lipinski definition) is 2.